The molecule has 1 aromatic carbocycles. The van der Waals surface area contributed by atoms with E-state index in [2.05, 4.69) is 9.88 Å². The van der Waals surface area contributed by atoms with Crippen molar-refractivity contribution in [1.29, 1.82) is 0 Å². The summed E-state index contributed by atoms with van der Waals surface area (Å²) in [6, 6.07) is 10.9. The predicted molar refractivity (Wildman–Crippen MR) is 93.9 cm³/mol. The molecule has 1 aliphatic rings. The van der Waals surface area contributed by atoms with E-state index < -0.39 is 5.91 Å². The van der Waals surface area contributed by atoms with E-state index >= 15 is 0 Å². The number of aromatic nitrogens is 1. The van der Waals surface area contributed by atoms with Gasteiger partial charge in [0.1, 0.15) is 11.4 Å². The van der Waals surface area contributed by atoms with Gasteiger partial charge in [-0.25, -0.2) is 0 Å². The van der Waals surface area contributed by atoms with Gasteiger partial charge in [0, 0.05) is 32.4 Å². The number of nitrogens with zero attached hydrogens (tertiary/aromatic N) is 3. The number of hydrogen-bond acceptors (Lipinski definition) is 5. The lowest BCUT2D eigenvalue weighted by Crippen LogP contribution is -2.48. The molecule has 0 bridgehead atoms. The number of para-hydroxylation sites is 2. The average molecular weight is 340 g/mol. The maximum Gasteiger partial charge on any atom is 0.267 e. The maximum atomic E-state index is 12.6. The molecule has 2 aromatic rings. The third-order valence-corrected chi connectivity index (χ3v) is 4.26. The first-order chi connectivity index (χ1) is 12.1. The van der Waals surface area contributed by atoms with Gasteiger partial charge in [0.2, 0.25) is 0 Å². The van der Waals surface area contributed by atoms with E-state index in [1.54, 1.807) is 18.1 Å². The molecular formula is C18H20N4O3. The number of primary amides is 1. The summed E-state index contributed by atoms with van der Waals surface area (Å²) in [4.78, 5) is 31.5. The number of ether oxygens (including phenoxy) is 1. The monoisotopic (exact) mass is 340 g/mol. The summed E-state index contributed by atoms with van der Waals surface area (Å²) >= 11 is 0. The van der Waals surface area contributed by atoms with Gasteiger partial charge in [0.15, 0.2) is 0 Å². The zero-order valence-electron chi connectivity index (χ0n) is 14.0. The molecule has 0 saturated carbocycles. The van der Waals surface area contributed by atoms with E-state index in [0.29, 0.717) is 18.7 Å². The van der Waals surface area contributed by atoms with Crippen LogP contribution in [0.2, 0.25) is 0 Å². The fourth-order valence-corrected chi connectivity index (χ4v) is 2.89. The van der Waals surface area contributed by atoms with E-state index in [0.717, 1.165) is 24.5 Å². The Labute approximate surface area is 146 Å². The van der Waals surface area contributed by atoms with Crippen LogP contribution in [-0.2, 0) is 0 Å². The second kappa shape index (κ2) is 7.21. The van der Waals surface area contributed by atoms with Gasteiger partial charge in [-0.2, -0.15) is 0 Å². The van der Waals surface area contributed by atoms with Gasteiger partial charge in [-0.15, -0.1) is 0 Å². The highest BCUT2D eigenvalue weighted by molar-refractivity contribution is 5.95. The Kier molecular flexibility index (Phi) is 4.83. The number of piperazine rings is 1. The minimum Gasteiger partial charge on any atom is -0.495 e. The lowest BCUT2D eigenvalue weighted by Gasteiger charge is -2.36. The first kappa shape index (κ1) is 16.8. The molecule has 7 nitrogen and oxygen atoms in total. The Morgan fingerprint density at radius 1 is 1.08 bits per heavy atom. The van der Waals surface area contributed by atoms with E-state index in [4.69, 9.17) is 10.5 Å². The second-order valence-electron chi connectivity index (χ2n) is 5.75. The second-order valence-corrected chi connectivity index (χ2v) is 5.75. The summed E-state index contributed by atoms with van der Waals surface area (Å²) in [6.07, 6.45) is 1.40. The summed E-state index contributed by atoms with van der Waals surface area (Å²) in [5.41, 5.74) is 6.80. The van der Waals surface area contributed by atoms with Gasteiger partial charge < -0.3 is 20.3 Å². The molecule has 130 valence electrons. The van der Waals surface area contributed by atoms with Crippen molar-refractivity contribution in [3.05, 3.63) is 53.9 Å². The molecule has 7 heteroatoms. The van der Waals surface area contributed by atoms with Crippen LogP contribution in [0, 0.1) is 0 Å². The molecule has 0 aliphatic carbocycles. The standard InChI is InChI=1S/C18H20N4O3/c1-25-16-5-3-2-4-15(16)21-8-10-22(11-9-21)18(24)13-6-7-14(17(19)23)20-12-13/h2-7,12H,8-11H2,1H3,(H2,19,23). The van der Waals surface area contributed by atoms with E-state index in [1.807, 2.05) is 24.3 Å². The minimum atomic E-state index is -0.607. The van der Waals surface area contributed by atoms with Crippen LogP contribution in [0.3, 0.4) is 0 Å². The number of pyridine rings is 1. The van der Waals surface area contributed by atoms with E-state index in [1.165, 1.54) is 12.3 Å². The quantitative estimate of drug-likeness (QED) is 0.902. The third-order valence-electron chi connectivity index (χ3n) is 4.26. The van der Waals surface area contributed by atoms with Crippen LogP contribution >= 0.6 is 0 Å². The summed E-state index contributed by atoms with van der Waals surface area (Å²) in [7, 11) is 1.65. The zero-order chi connectivity index (χ0) is 17.8. The SMILES string of the molecule is COc1ccccc1N1CCN(C(=O)c2ccc(C(N)=O)nc2)CC1. The van der Waals surface area contributed by atoms with Crippen LogP contribution in [0.25, 0.3) is 0 Å². The molecule has 0 radical (unpaired) electrons. The molecule has 3 rings (SSSR count). The lowest BCUT2D eigenvalue weighted by molar-refractivity contribution is 0.0745. The van der Waals surface area contributed by atoms with Gasteiger partial charge in [0.05, 0.1) is 18.4 Å². The summed E-state index contributed by atoms with van der Waals surface area (Å²) in [5, 5.41) is 0. The molecule has 0 spiro atoms. The predicted octanol–water partition coefficient (Wildman–Crippen LogP) is 1.15. The first-order valence-electron chi connectivity index (χ1n) is 8.03. The first-order valence-corrected chi connectivity index (χ1v) is 8.03. The molecule has 0 atom stereocenters. The Hall–Kier alpha value is -3.09. The zero-order valence-corrected chi connectivity index (χ0v) is 14.0. The van der Waals surface area contributed by atoms with Gasteiger partial charge in [-0.3, -0.25) is 14.6 Å². The fourth-order valence-electron chi connectivity index (χ4n) is 2.89. The van der Waals surface area contributed by atoms with Crippen LogP contribution in [0.15, 0.2) is 42.6 Å². The van der Waals surface area contributed by atoms with Gasteiger partial charge in [0.25, 0.3) is 11.8 Å². The van der Waals surface area contributed by atoms with Gasteiger partial charge in [-0.05, 0) is 24.3 Å². The number of hydrogen-bond donors (Lipinski definition) is 1. The number of methoxy groups -OCH3 is 1. The minimum absolute atomic E-state index is 0.0943. The number of rotatable bonds is 4. The molecule has 0 unspecified atom stereocenters. The van der Waals surface area contributed by atoms with Crippen molar-refractivity contribution in [3.63, 3.8) is 0 Å². The van der Waals surface area contributed by atoms with Crippen molar-refractivity contribution in [2.75, 3.05) is 38.2 Å². The summed E-state index contributed by atoms with van der Waals surface area (Å²) < 4.78 is 5.40. The highest BCUT2D eigenvalue weighted by Crippen LogP contribution is 2.28. The van der Waals surface area contributed by atoms with Gasteiger partial charge in [-0.1, -0.05) is 12.1 Å². The number of carbonyl (C=O) groups excluding carboxylic acids is 2. The van der Waals surface area contributed by atoms with Crippen LogP contribution in [0.1, 0.15) is 20.8 Å². The van der Waals surface area contributed by atoms with Crippen molar-refractivity contribution in [3.8, 4) is 5.75 Å². The molecule has 1 aromatic heterocycles. The summed E-state index contributed by atoms with van der Waals surface area (Å²) in [6.45, 7) is 2.65. The van der Waals surface area contributed by atoms with Crippen molar-refractivity contribution in [2.24, 2.45) is 5.73 Å². The van der Waals surface area contributed by atoms with Crippen molar-refractivity contribution in [2.45, 2.75) is 0 Å². The maximum absolute atomic E-state index is 12.6. The normalized spacial score (nSPS) is 14.3. The molecule has 2 N–H and O–H groups in total. The van der Waals surface area contributed by atoms with Crippen molar-refractivity contribution >= 4 is 17.5 Å². The molecule has 2 heterocycles. The lowest BCUT2D eigenvalue weighted by atomic mass is 10.2. The number of carbonyl (C=O) groups is 2. The highest BCUT2D eigenvalue weighted by Gasteiger charge is 2.24. The Bertz CT molecular complexity index is 768. The Balaban J connectivity index is 1.65. The van der Waals surface area contributed by atoms with Crippen LogP contribution in [-0.4, -0.2) is 55.0 Å². The van der Waals surface area contributed by atoms with Crippen LogP contribution in [0.4, 0.5) is 5.69 Å². The van der Waals surface area contributed by atoms with Gasteiger partial charge >= 0.3 is 0 Å². The molecule has 25 heavy (non-hydrogen) atoms. The van der Waals surface area contributed by atoms with Crippen molar-refractivity contribution in [1.82, 2.24) is 9.88 Å². The number of amides is 2. The third kappa shape index (κ3) is 3.55. The largest absolute Gasteiger partial charge is 0.495 e. The fraction of sp³-hybridized carbons (Fsp3) is 0.278. The molecule has 2 amide bonds. The smallest absolute Gasteiger partial charge is 0.267 e. The molecular weight excluding hydrogens is 320 g/mol. The van der Waals surface area contributed by atoms with E-state index in [-0.39, 0.29) is 11.6 Å². The molecule has 1 saturated heterocycles. The number of anilines is 1. The Morgan fingerprint density at radius 3 is 2.40 bits per heavy atom. The highest BCUT2D eigenvalue weighted by atomic mass is 16.5. The molecule has 1 aliphatic heterocycles. The van der Waals surface area contributed by atoms with Crippen LogP contribution < -0.4 is 15.4 Å². The van der Waals surface area contributed by atoms with E-state index in [9.17, 15) is 9.59 Å². The molecule has 1 fully saturated rings. The van der Waals surface area contributed by atoms with Crippen LogP contribution in [0.5, 0.6) is 5.75 Å². The number of nitrogens with two attached hydrogens (primary N) is 1. The van der Waals surface area contributed by atoms with Crippen molar-refractivity contribution < 1.29 is 14.3 Å². The summed E-state index contributed by atoms with van der Waals surface area (Å²) in [5.74, 6) is 0.126. The average Bonchev–Trinajstić information content (AvgIpc) is 2.67. The number of benzene rings is 1. The Morgan fingerprint density at radius 2 is 1.80 bits per heavy atom. The topological polar surface area (TPSA) is 88.8 Å².